The predicted octanol–water partition coefficient (Wildman–Crippen LogP) is 2.17. The number of nitro benzene ring substituents is 1. The van der Waals surface area contributed by atoms with E-state index in [1.807, 2.05) is 0 Å². The SMILES string of the molecule is O=C(O)C1CCC(NS(=O)(=O)c2cc(Cl)ccc2[N+](=O)[O-])CC1. The van der Waals surface area contributed by atoms with Gasteiger partial charge in [-0.1, -0.05) is 11.6 Å². The molecule has 23 heavy (non-hydrogen) atoms. The maximum atomic E-state index is 12.4. The van der Waals surface area contributed by atoms with Crippen molar-refractivity contribution in [1.82, 2.24) is 4.72 Å². The van der Waals surface area contributed by atoms with Gasteiger partial charge in [0.2, 0.25) is 10.0 Å². The first-order valence-corrected chi connectivity index (χ1v) is 8.76. The van der Waals surface area contributed by atoms with Gasteiger partial charge in [-0.3, -0.25) is 14.9 Å². The number of nitrogens with one attached hydrogen (secondary N) is 1. The molecule has 0 unspecified atom stereocenters. The van der Waals surface area contributed by atoms with Crippen LogP contribution in [0.2, 0.25) is 5.02 Å². The lowest BCUT2D eigenvalue weighted by Crippen LogP contribution is -2.38. The molecule has 1 aliphatic carbocycles. The second-order valence-corrected chi connectivity index (χ2v) is 7.50. The number of nitrogens with zero attached hydrogens (tertiary/aromatic N) is 1. The highest BCUT2D eigenvalue weighted by Gasteiger charge is 2.32. The molecule has 8 nitrogen and oxygen atoms in total. The van der Waals surface area contributed by atoms with Gasteiger partial charge in [-0.15, -0.1) is 0 Å². The summed E-state index contributed by atoms with van der Waals surface area (Å²) in [7, 11) is -4.12. The van der Waals surface area contributed by atoms with E-state index in [0.29, 0.717) is 25.7 Å². The Labute approximate surface area is 137 Å². The van der Waals surface area contributed by atoms with Crippen molar-refractivity contribution in [3.63, 3.8) is 0 Å². The normalized spacial score (nSPS) is 21.8. The zero-order valence-electron chi connectivity index (χ0n) is 11.9. The van der Waals surface area contributed by atoms with E-state index in [9.17, 15) is 23.3 Å². The van der Waals surface area contributed by atoms with Gasteiger partial charge in [0.15, 0.2) is 4.90 Å². The van der Waals surface area contributed by atoms with Gasteiger partial charge in [-0.2, -0.15) is 0 Å². The Hall–Kier alpha value is -1.71. The number of rotatable bonds is 5. The third-order valence-corrected chi connectivity index (χ3v) is 5.59. The first-order valence-electron chi connectivity index (χ1n) is 6.90. The molecule has 0 bridgehead atoms. The number of hydrogen-bond acceptors (Lipinski definition) is 5. The number of halogens is 1. The molecule has 10 heteroatoms. The molecular weight excluding hydrogens is 348 g/mol. The summed E-state index contributed by atoms with van der Waals surface area (Å²) in [6, 6.07) is 2.87. The Morgan fingerprint density at radius 1 is 1.30 bits per heavy atom. The van der Waals surface area contributed by atoms with Gasteiger partial charge in [0.1, 0.15) is 0 Å². The van der Waals surface area contributed by atoms with Crippen LogP contribution < -0.4 is 4.72 Å². The van der Waals surface area contributed by atoms with Gasteiger partial charge in [0.25, 0.3) is 5.69 Å². The molecule has 0 amide bonds. The summed E-state index contributed by atoms with van der Waals surface area (Å²) >= 11 is 5.74. The maximum absolute atomic E-state index is 12.4. The zero-order valence-corrected chi connectivity index (χ0v) is 13.5. The minimum atomic E-state index is -4.12. The number of sulfonamides is 1. The van der Waals surface area contributed by atoms with Gasteiger partial charge in [0.05, 0.1) is 10.8 Å². The van der Waals surface area contributed by atoms with Gasteiger partial charge >= 0.3 is 5.97 Å². The highest BCUT2D eigenvalue weighted by Crippen LogP contribution is 2.29. The van der Waals surface area contributed by atoms with Crippen molar-refractivity contribution in [1.29, 1.82) is 0 Å². The number of carboxylic acids is 1. The van der Waals surface area contributed by atoms with Crippen molar-refractivity contribution < 1.29 is 23.2 Å². The third-order valence-electron chi connectivity index (χ3n) is 3.81. The molecule has 0 saturated heterocycles. The summed E-state index contributed by atoms with van der Waals surface area (Å²) < 4.78 is 27.2. The average Bonchev–Trinajstić information content (AvgIpc) is 2.47. The molecular formula is C13H15ClN2O6S. The van der Waals surface area contributed by atoms with Crippen molar-refractivity contribution in [3.05, 3.63) is 33.3 Å². The predicted molar refractivity (Wildman–Crippen MR) is 81.8 cm³/mol. The van der Waals surface area contributed by atoms with Crippen LogP contribution in [0.15, 0.2) is 23.1 Å². The van der Waals surface area contributed by atoms with Crippen molar-refractivity contribution in [2.45, 2.75) is 36.6 Å². The van der Waals surface area contributed by atoms with E-state index < -0.39 is 43.5 Å². The quantitative estimate of drug-likeness (QED) is 0.610. The highest BCUT2D eigenvalue weighted by molar-refractivity contribution is 7.89. The van der Waals surface area contributed by atoms with Gasteiger partial charge in [-0.25, -0.2) is 13.1 Å². The Morgan fingerprint density at radius 2 is 1.91 bits per heavy atom. The smallest absolute Gasteiger partial charge is 0.306 e. The van der Waals surface area contributed by atoms with Crippen LogP contribution in [0.3, 0.4) is 0 Å². The molecule has 0 radical (unpaired) electrons. The lowest BCUT2D eigenvalue weighted by atomic mass is 9.87. The molecule has 0 atom stereocenters. The lowest BCUT2D eigenvalue weighted by Gasteiger charge is -2.26. The molecule has 0 aliphatic heterocycles. The molecule has 1 aromatic carbocycles. The van der Waals surface area contributed by atoms with Gasteiger partial charge in [-0.05, 0) is 37.8 Å². The Kier molecular flexibility index (Phi) is 5.23. The molecule has 1 aliphatic rings. The van der Waals surface area contributed by atoms with Crippen LogP contribution in [-0.4, -0.2) is 30.5 Å². The van der Waals surface area contributed by atoms with Crippen molar-refractivity contribution in [2.75, 3.05) is 0 Å². The standard InChI is InChI=1S/C13H15ClN2O6S/c14-9-3-6-11(16(19)20)12(7-9)23(21,22)15-10-4-1-8(2-5-10)13(17)18/h3,6-8,10,15H,1-2,4-5H2,(H,17,18). The molecule has 2 N–H and O–H groups in total. The fourth-order valence-corrected chi connectivity index (χ4v) is 4.33. The number of carboxylic acid groups (broad SMARTS) is 1. The number of aliphatic carboxylic acids is 1. The van der Waals surface area contributed by atoms with E-state index in [0.717, 1.165) is 12.1 Å². The van der Waals surface area contributed by atoms with Crippen molar-refractivity contribution in [3.8, 4) is 0 Å². The van der Waals surface area contributed by atoms with Crippen LogP contribution >= 0.6 is 11.6 Å². The van der Waals surface area contributed by atoms with Crippen LogP contribution in [-0.2, 0) is 14.8 Å². The topological polar surface area (TPSA) is 127 Å². The first-order chi connectivity index (χ1) is 10.7. The van der Waals surface area contributed by atoms with Crippen LogP contribution in [0, 0.1) is 16.0 Å². The van der Waals surface area contributed by atoms with E-state index in [-0.39, 0.29) is 5.02 Å². The Bertz CT molecular complexity index is 728. The van der Waals surface area contributed by atoms with Crippen LogP contribution in [0.25, 0.3) is 0 Å². The van der Waals surface area contributed by atoms with Crippen LogP contribution in [0.1, 0.15) is 25.7 Å². The molecule has 2 rings (SSSR count). The van der Waals surface area contributed by atoms with E-state index in [2.05, 4.69) is 4.72 Å². The molecule has 0 aromatic heterocycles. The highest BCUT2D eigenvalue weighted by atomic mass is 35.5. The fraction of sp³-hybridized carbons (Fsp3) is 0.462. The molecule has 1 aromatic rings. The summed E-state index contributed by atoms with van der Waals surface area (Å²) in [4.78, 5) is 20.6. The summed E-state index contributed by atoms with van der Waals surface area (Å²) in [5, 5.41) is 20.0. The molecule has 1 saturated carbocycles. The largest absolute Gasteiger partial charge is 0.481 e. The number of benzene rings is 1. The van der Waals surface area contributed by atoms with E-state index in [4.69, 9.17) is 16.7 Å². The maximum Gasteiger partial charge on any atom is 0.306 e. The van der Waals surface area contributed by atoms with E-state index in [1.165, 1.54) is 6.07 Å². The molecule has 1 fully saturated rings. The second-order valence-electron chi connectivity index (χ2n) is 5.38. The number of hydrogen-bond donors (Lipinski definition) is 2. The van der Waals surface area contributed by atoms with Crippen molar-refractivity contribution in [2.24, 2.45) is 5.92 Å². The number of carbonyl (C=O) groups is 1. The minimum absolute atomic E-state index is 0.0746. The summed E-state index contributed by atoms with van der Waals surface area (Å²) in [5.41, 5.74) is -0.555. The first kappa shape index (κ1) is 17.6. The van der Waals surface area contributed by atoms with E-state index >= 15 is 0 Å². The van der Waals surface area contributed by atoms with Crippen LogP contribution in [0.4, 0.5) is 5.69 Å². The summed E-state index contributed by atoms with van der Waals surface area (Å²) in [6.07, 6.45) is 1.45. The Morgan fingerprint density at radius 3 is 2.43 bits per heavy atom. The van der Waals surface area contributed by atoms with Crippen molar-refractivity contribution >= 4 is 33.3 Å². The summed E-state index contributed by atoms with van der Waals surface area (Å²) in [6.45, 7) is 0. The molecule has 0 spiro atoms. The van der Waals surface area contributed by atoms with Crippen LogP contribution in [0.5, 0.6) is 0 Å². The van der Waals surface area contributed by atoms with Gasteiger partial charge in [0, 0.05) is 17.1 Å². The minimum Gasteiger partial charge on any atom is -0.481 e. The molecule has 126 valence electrons. The lowest BCUT2D eigenvalue weighted by molar-refractivity contribution is -0.387. The average molecular weight is 363 g/mol. The number of nitro groups is 1. The third kappa shape index (κ3) is 4.18. The fourth-order valence-electron chi connectivity index (χ4n) is 2.60. The van der Waals surface area contributed by atoms with E-state index in [1.54, 1.807) is 0 Å². The summed E-state index contributed by atoms with van der Waals surface area (Å²) in [5.74, 6) is -1.37. The second kappa shape index (κ2) is 6.81. The molecule has 0 heterocycles. The zero-order chi connectivity index (χ0) is 17.2. The Balaban J connectivity index is 2.19. The van der Waals surface area contributed by atoms with Gasteiger partial charge < -0.3 is 5.11 Å². The monoisotopic (exact) mass is 362 g/mol.